The molecule has 1 aliphatic rings. The highest BCUT2D eigenvalue weighted by Crippen LogP contribution is 2.31. The Kier molecular flexibility index (Phi) is 4.41. The molecule has 0 aliphatic carbocycles. The molecule has 1 aliphatic heterocycles. The molecule has 2 unspecified atom stereocenters. The van der Waals surface area contributed by atoms with Crippen molar-refractivity contribution in [3.05, 3.63) is 0 Å². The minimum Gasteiger partial charge on any atom is -0.300 e. The Morgan fingerprint density at radius 3 is 2.12 bits per heavy atom. The van der Waals surface area contributed by atoms with Gasteiger partial charge in [0.2, 0.25) is 0 Å². The van der Waals surface area contributed by atoms with Crippen molar-refractivity contribution in [2.24, 2.45) is 17.8 Å². The minimum atomic E-state index is -2.85. The van der Waals surface area contributed by atoms with Gasteiger partial charge in [-0.3, -0.25) is 0 Å². The molecule has 16 heavy (non-hydrogen) atoms. The van der Waals surface area contributed by atoms with Gasteiger partial charge in [-0.25, -0.2) is 8.42 Å². The lowest BCUT2D eigenvalue weighted by Crippen LogP contribution is -2.29. The highest BCUT2D eigenvalue weighted by atomic mass is 32.2. The van der Waals surface area contributed by atoms with E-state index in [1.165, 1.54) is 6.26 Å². The summed E-state index contributed by atoms with van der Waals surface area (Å²) >= 11 is 0. The molecule has 2 atom stereocenters. The van der Waals surface area contributed by atoms with Gasteiger partial charge in [-0.15, -0.1) is 0 Å². The summed E-state index contributed by atoms with van der Waals surface area (Å²) in [6.45, 7) is 10.7. The van der Waals surface area contributed by atoms with Crippen molar-refractivity contribution in [2.45, 2.75) is 33.7 Å². The molecule has 0 radical (unpaired) electrons. The number of likely N-dealkylation sites (tertiary alicyclic amines) is 1. The Labute approximate surface area is 100 Å². The number of sulfone groups is 1. The summed E-state index contributed by atoms with van der Waals surface area (Å²) in [6, 6.07) is 0.519. The molecule has 0 amide bonds. The predicted molar refractivity (Wildman–Crippen MR) is 68.2 cm³/mol. The summed E-state index contributed by atoms with van der Waals surface area (Å²) in [5.41, 5.74) is 0. The van der Waals surface area contributed by atoms with E-state index < -0.39 is 9.84 Å². The van der Waals surface area contributed by atoms with Crippen LogP contribution in [0.5, 0.6) is 0 Å². The van der Waals surface area contributed by atoms with Crippen molar-refractivity contribution in [3.8, 4) is 0 Å². The first-order valence-corrected chi connectivity index (χ1v) is 8.18. The molecule has 0 aromatic carbocycles. The number of hydrogen-bond acceptors (Lipinski definition) is 3. The van der Waals surface area contributed by atoms with E-state index in [0.29, 0.717) is 29.5 Å². The Hall–Kier alpha value is -0.0900. The van der Waals surface area contributed by atoms with Crippen molar-refractivity contribution in [2.75, 3.05) is 25.1 Å². The Morgan fingerprint density at radius 2 is 1.75 bits per heavy atom. The SMILES string of the molecule is CC(C)C1CN(C(C)C)CC1CS(C)(=O)=O. The van der Waals surface area contributed by atoms with Crippen molar-refractivity contribution in [1.29, 1.82) is 0 Å². The second-order valence-electron chi connectivity index (χ2n) is 5.81. The first-order valence-electron chi connectivity index (χ1n) is 6.12. The first-order chi connectivity index (χ1) is 7.20. The molecule has 1 rings (SSSR count). The maximum absolute atomic E-state index is 11.4. The predicted octanol–water partition coefficient (Wildman–Crippen LogP) is 1.64. The van der Waals surface area contributed by atoms with E-state index in [0.717, 1.165) is 13.1 Å². The van der Waals surface area contributed by atoms with Gasteiger partial charge in [-0.2, -0.15) is 0 Å². The van der Waals surface area contributed by atoms with Crippen LogP contribution in [0.3, 0.4) is 0 Å². The molecule has 0 aromatic rings. The highest BCUT2D eigenvalue weighted by Gasteiger charge is 2.36. The summed E-state index contributed by atoms with van der Waals surface area (Å²) in [6.07, 6.45) is 1.35. The lowest BCUT2D eigenvalue weighted by atomic mass is 9.87. The number of nitrogens with zero attached hydrogens (tertiary/aromatic N) is 1. The smallest absolute Gasteiger partial charge is 0.147 e. The highest BCUT2D eigenvalue weighted by molar-refractivity contribution is 7.90. The van der Waals surface area contributed by atoms with Crippen molar-refractivity contribution >= 4 is 9.84 Å². The molecule has 4 heteroatoms. The summed E-state index contributed by atoms with van der Waals surface area (Å²) in [5.74, 6) is 1.75. The lowest BCUT2D eigenvalue weighted by molar-refractivity contribution is 0.253. The van der Waals surface area contributed by atoms with Gasteiger partial charge in [0.15, 0.2) is 0 Å². The molecule has 3 nitrogen and oxygen atoms in total. The molecule has 1 fully saturated rings. The van der Waals surface area contributed by atoms with Crippen LogP contribution in [-0.4, -0.2) is 44.5 Å². The van der Waals surface area contributed by atoms with E-state index in [1.54, 1.807) is 0 Å². The molecule has 0 bridgehead atoms. The van der Waals surface area contributed by atoms with E-state index in [4.69, 9.17) is 0 Å². The third-order valence-corrected chi connectivity index (χ3v) is 4.66. The average Bonchev–Trinajstić information content (AvgIpc) is 2.44. The van der Waals surface area contributed by atoms with Gasteiger partial charge in [-0.1, -0.05) is 13.8 Å². The molecule has 96 valence electrons. The van der Waals surface area contributed by atoms with Crippen LogP contribution in [0.1, 0.15) is 27.7 Å². The van der Waals surface area contributed by atoms with Crippen LogP contribution in [-0.2, 0) is 9.84 Å². The summed E-state index contributed by atoms with van der Waals surface area (Å²) < 4.78 is 22.8. The largest absolute Gasteiger partial charge is 0.300 e. The third-order valence-electron chi connectivity index (χ3n) is 3.62. The van der Waals surface area contributed by atoms with Gasteiger partial charge in [0.25, 0.3) is 0 Å². The summed E-state index contributed by atoms with van der Waals surface area (Å²) in [5, 5.41) is 0. The normalized spacial score (nSPS) is 28.2. The van der Waals surface area contributed by atoms with Crippen molar-refractivity contribution < 1.29 is 8.42 Å². The lowest BCUT2D eigenvalue weighted by Gasteiger charge is -2.21. The van der Waals surface area contributed by atoms with Crippen LogP contribution in [0, 0.1) is 17.8 Å². The third kappa shape index (κ3) is 3.74. The Balaban J connectivity index is 2.74. The van der Waals surface area contributed by atoms with Gasteiger partial charge in [0.1, 0.15) is 9.84 Å². The Morgan fingerprint density at radius 1 is 1.19 bits per heavy atom. The fourth-order valence-corrected chi connectivity index (χ4v) is 3.80. The first kappa shape index (κ1) is 14.0. The van der Waals surface area contributed by atoms with Crippen molar-refractivity contribution in [1.82, 2.24) is 4.90 Å². The zero-order chi connectivity index (χ0) is 12.5. The van der Waals surface area contributed by atoms with E-state index in [1.807, 2.05) is 0 Å². The van der Waals surface area contributed by atoms with E-state index in [9.17, 15) is 8.42 Å². The minimum absolute atomic E-state index is 0.317. The maximum atomic E-state index is 11.4. The Bertz CT molecular complexity index is 322. The van der Waals surface area contributed by atoms with Gasteiger partial charge < -0.3 is 4.90 Å². The van der Waals surface area contributed by atoms with Crippen LogP contribution < -0.4 is 0 Å². The fourth-order valence-electron chi connectivity index (χ4n) is 2.67. The molecule has 1 heterocycles. The number of rotatable bonds is 4. The second kappa shape index (κ2) is 5.05. The molecule has 0 spiro atoms. The topological polar surface area (TPSA) is 37.4 Å². The number of hydrogen-bond donors (Lipinski definition) is 0. The van der Waals surface area contributed by atoms with Gasteiger partial charge in [0.05, 0.1) is 5.75 Å². The standard InChI is InChI=1S/C12H25NO2S/c1-9(2)12-7-13(10(3)4)6-11(12)8-16(5,14)15/h9-12H,6-8H2,1-5H3. The van der Waals surface area contributed by atoms with Gasteiger partial charge in [-0.05, 0) is 31.6 Å². The molecule has 1 saturated heterocycles. The molecule has 0 N–H and O–H groups in total. The average molecular weight is 247 g/mol. The van der Waals surface area contributed by atoms with Gasteiger partial charge in [0, 0.05) is 25.4 Å². The van der Waals surface area contributed by atoms with Crippen LogP contribution in [0.25, 0.3) is 0 Å². The summed E-state index contributed by atoms with van der Waals surface area (Å²) in [7, 11) is -2.85. The van der Waals surface area contributed by atoms with Crippen LogP contribution in [0.15, 0.2) is 0 Å². The van der Waals surface area contributed by atoms with Crippen LogP contribution in [0.4, 0.5) is 0 Å². The summed E-state index contributed by atoms with van der Waals surface area (Å²) in [4.78, 5) is 2.40. The molecular weight excluding hydrogens is 222 g/mol. The van der Waals surface area contributed by atoms with Crippen LogP contribution in [0.2, 0.25) is 0 Å². The zero-order valence-electron chi connectivity index (χ0n) is 11.1. The monoisotopic (exact) mass is 247 g/mol. The zero-order valence-corrected chi connectivity index (χ0v) is 11.9. The van der Waals surface area contributed by atoms with Crippen LogP contribution >= 0.6 is 0 Å². The van der Waals surface area contributed by atoms with E-state index in [2.05, 4.69) is 32.6 Å². The second-order valence-corrected chi connectivity index (χ2v) is 7.99. The van der Waals surface area contributed by atoms with E-state index >= 15 is 0 Å². The van der Waals surface area contributed by atoms with Gasteiger partial charge >= 0.3 is 0 Å². The molecule has 0 saturated carbocycles. The molecule has 0 aromatic heterocycles. The van der Waals surface area contributed by atoms with E-state index in [-0.39, 0.29) is 0 Å². The maximum Gasteiger partial charge on any atom is 0.147 e. The fraction of sp³-hybridized carbons (Fsp3) is 1.00. The van der Waals surface area contributed by atoms with Crippen molar-refractivity contribution in [3.63, 3.8) is 0 Å². The quantitative estimate of drug-likeness (QED) is 0.758. The molecular formula is C12H25NO2S.